The lowest BCUT2D eigenvalue weighted by atomic mass is 9.70. The molecule has 0 aromatic heterocycles. The van der Waals surface area contributed by atoms with Crippen LogP contribution in [0, 0.1) is 35.5 Å². The van der Waals surface area contributed by atoms with Crippen LogP contribution in [0.5, 0.6) is 0 Å². The Labute approximate surface area is 139 Å². The predicted octanol–water partition coefficient (Wildman–Crippen LogP) is 7.23. The fourth-order valence-electron chi connectivity index (χ4n) is 5.90. The van der Waals surface area contributed by atoms with Crippen LogP contribution in [0.2, 0.25) is 0 Å². The maximum absolute atomic E-state index is 2.46. The van der Waals surface area contributed by atoms with E-state index in [0.29, 0.717) is 0 Å². The summed E-state index contributed by atoms with van der Waals surface area (Å²) in [7, 11) is 0. The third kappa shape index (κ3) is 5.00. The normalized spacial score (nSPS) is 43.9. The molecule has 3 fully saturated rings. The SMILES string of the molecule is CC1CCC(CC2CCCC(CC3CCC(C)CC3)C2)CC1. The second-order valence-electron chi connectivity index (χ2n) is 9.62. The Morgan fingerprint density at radius 3 is 1.32 bits per heavy atom. The van der Waals surface area contributed by atoms with Crippen LogP contribution >= 0.6 is 0 Å². The highest BCUT2D eigenvalue weighted by Gasteiger charge is 2.28. The molecule has 0 heteroatoms. The molecule has 0 bridgehead atoms. The Kier molecular flexibility index (Phi) is 6.28. The number of rotatable bonds is 4. The molecule has 22 heavy (non-hydrogen) atoms. The summed E-state index contributed by atoms with van der Waals surface area (Å²) in [6, 6.07) is 0. The molecule has 0 saturated heterocycles. The van der Waals surface area contributed by atoms with Crippen molar-refractivity contribution < 1.29 is 0 Å². The van der Waals surface area contributed by atoms with Crippen LogP contribution in [0.4, 0.5) is 0 Å². The van der Waals surface area contributed by atoms with E-state index in [0.717, 1.165) is 35.5 Å². The smallest absolute Gasteiger partial charge is 0.0409 e. The van der Waals surface area contributed by atoms with Gasteiger partial charge in [0, 0.05) is 0 Å². The standard InChI is InChI=1S/C22H40/c1-17-6-10-19(11-7-17)14-21-4-3-5-22(16-21)15-20-12-8-18(2)9-13-20/h17-22H,3-16H2,1-2H3. The van der Waals surface area contributed by atoms with Crippen molar-refractivity contribution in [3.63, 3.8) is 0 Å². The van der Waals surface area contributed by atoms with Gasteiger partial charge in [-0.25, -0.2) is 0 Å². The van der Waals surface area contributed by atoms with Crippen LogP contribution in [-0.4, -0.2) is 0 Å². The summed E-state index contributed by atoms with van der Waals surface area (Å²) in [6.45, 7) is 4.91. The lowest BCUT2D eigenvalue weighted by molar-refractivity contribution is 0.160. The Morgan fingerprint density at radius 1 is 0.500 bits per heavy atom. The summed E-state index contributed by atoms with van der Waals surface area (Å²) in [5.74, 6) is 6.42. The number of hydrogen-bond acceptors (Lipinski definition) is 0. The van der Waals surface area contributed by atoms with E-state index in [9.17, 15) is 0 Å². The van der Waals surface area contributed by atoms with E-state index in [1.807, 2.05) is 0 Å². The van der Waals surface area contributed by atoms with E-state index in [2.05, 4.69) is 13.8 Å². The van der Waals surface area contributed by atoms with Crippen LogP contribution in [0.3, 0.4) is 0 Å². The summed E-state index contributed by atoms with van der Waals surface area (Å²) in [4.78, 5) is 0. The van der Waals surface area contributed by atoms with E-state index in [1.165, 1.54) is 25.7 Å². The molecule has 0 aliphatic heterocycles. The summed E-state index contributed by atoms with van der Waals surface area (Å²) in [5.41, 5.74) is 0. The molecule has 3 rings (SSSR count). The summed E-state index contributed by atoms with van der Waals surface area (Å²) < 4.78 is 0. The van der Waals surface area contributed by atoms with Crippen LogP contribution < -0.4 is 0 Å². The van der Waals surface area contributed by atoms with Gasteiger partial charge < -0.3 is 0 Å². The van der Waals surface area contributed by atoms with E-state index in [4.69, 9.17) is 0 Å². The average molecular weight is 305 g/mol. The topological polar surface area (TPSA) is 0 Å². The molecule has 2 atom stereocenters. The lowest BCUT2D eigenvalue weighted by Gasteiger charge is -2.36. The molecule has 3 aliphatic rings. The van der Waals surface area contributed by atoms with Crippen molar-refractivity contribution in [2.45, 2.75) is 104 Å². The van der Waals surface area contributed by atoms with Crippen molar-refractivity contribution in [3.8, 4) is 0 Å². The van der Waals surface area contributed by atoms with Crippen LogP contribution in [0.1, 0.15) is 104 Å². The first-order chi connectivity index (χ1) is 10.7. The van der Waals surface area contributed by atoms with Crippen molar-refractivity contribution in [1.29, 1.82) is 0 Å². The van der Waals surface area contributed by atoms with Crippen molar-refractivity contribution >= 4 is 0 Å². The molecule has 0 aromatic rings. The van der Waals surface area contributed by atoms with Gasteiger partial charge in [-0.1, -0.05) is 84.5 Å². The zero-order valence-corrected chi connectivity index (χ0v) is 15.4. The zero-order valence-electron chi connectivity index (χ0n) is 15.4. The van der Waals surface area contributed by atoms with Gasteiger partial charge in [-0.05, 0) is 54.8 Å². The van der Waals surface area contributed by atoms with Gasteiger partial charge in [-0.2, -0.15) is 0 Å². The largest absolute Gasteiger partial charge is 0.0625 e. The van der Waals surface area contributed by atoms with Gasteiger partial charge in [0.1, 0.15) is 0 Å². The molecule has 0 aromatic carbocycles. The summed E-state index contributed by atoms with van der Waals surface area (Å²) in [5, 5.41) is 0. The highest BCUT2D eigenvalue weighted by molar-refractivity contribution is 4.81. The van der Waals surface area contributed by atoms with Gasteiger partial charge in [0.15, 0.2) is 0 Å². The minimum atomic E-state index is 1.02. The number of hydrogen-bond donors (Lipinski definition) is 0. The maximum atomic E-state index is 2.46. The van der Waals surface area contributed by atoms with Crippen LogP contribution in [0.25, 0.3) is 0 Å². The first kappa shape index (κ1) is 16.8. The molecule has 0 radical (unpaired) electrons. The third-order valence-corrected chi connectivity index (χ3v) is 7.50. The molecule has 0 heterocycles. The van der Waals surface area contributed by atoms with Gasteiger partial charge in [0.25, 0.3) is 0 Å². The fraction of sp³-hybridized carbons (Fsp3) is 1.00. The molecule has 3 saturated carbocycles. The molecular formula is C22H40. The van der Waals surface area contributed by atoms with E-state index >= 15 is 0 Å². The van der Waals surface area contributed by atoms with Crippen molar-refractivity contribution in [3.05, 3.63) is 0 Å². The first-order valence-electron chi connectivity index (χ1n) is 10.7. The Morgan fingerprint density at radius 2 is 0.909 bits per heavy atom. The molecule has 128 valence electrons. The molecule has 2 unspecified atom stereocenters. The fourth-order valence-corrected chi connectivity index (χ4v) is 5.90. The van der Waals surface area contributed by atoms with E-state index in [1.54, 1.807) is 64.2 Å². The van der Waals surface area contributed by atoms with Crippen molar-refractivity contribution in [2.24, 2.45) is 35.5 Å². The van der Waals surface area contributed by atoms with Crippen LogP contribution in [0.15, 0.2) is 0 Å². The van der Waals surface area contributed by atoms with Crippen molar-refractivity contribution in [1.82, 2.24) is 0 Å². The van der Waals surface area contributed by atoms with Gasteiger partial charge in [0.05, 0.1) is 0 Å². The molecule has 0 spiro atoms. The average Bonchev–Trinajstić information content (AvgIpc) is 2.52. The second-order valence-corrected chi connectivity index (χ2v) is 9.62. The quantitative estimate of drug-likeness (QED) is 0.514. The van der Waals surface area contributed by atoms with E-state index < -0.39 is 0 Å². The summed E-state index contributed by atoms with van der Waals surface area (Å²) in [6.07, 6.45) is 21.7. The van der Waals surface area contributed by atoms with E-state index in [-0.39, 0.29) is 0 Å². The Balaban J connectivity index is 1.39. The molecule has 0 N–H and O–H groups in total. The second kappa shape index (κ2) is 8.20. The lowest BCUT2D eigenvalue weighted by Crippen LogP contribution is -2.23. The van der Waals surface area contributed by atoms with Crippen molar-refractivity contribution in [2.75, 3.05) is 0 Å². The minimum absolute atomic E-state index is 1.02. The highest BCUT2D eigenvalue weighted by atomic mass is 14.3. The van der Waals surface area contributed by atoms with Gasteiger partial charge in [-0.3, -0.25) is 0 Å². The Hall–Kier alpha value is 0. The zero-order chi connectivity index (χ0) is 15.4. The molecular weight excluding hydrogens is 264 g/mol. The van der Waals surface area contributed by atoms with Gasteiger partial charge >= 0.3 is 0 Å². The molecule has 0 nitrogen and oxygen atoms in total. The predicted molar refractivity (Wildman–Crippen MR) is 96.9 cm³/mol. The molecule has 0 amide bonds. The maximum Gasteiger partial charge on any atom is -0.0409 e. The van der Waals surface area contributed by atoms with Gasteiger partial charge in [-0.15, -0.1) is 0 Å². The third-order valence-electron chi connectivity index (χ3n) is 7.50. The Bertz CT molecular complexity index is 274. The molecule has 3 aliphatic carbocycles. The van der Waals surface area contributed by atoms with Gasteiger partial charge in [0.2, 0.25) is 0 Å². The summed E-state index contributed by atoms with van der Waals surface area (Å²) >= 11 is 0. The monoisotopic (exact) mass is 304 g/mol. The minimum Gasteiger partial charge on any atom is -0.0625 e. The first-order valence-corrected chi connectivity index (χ1v) is 10.7. The van der Waals surface area contributed by atoms with Crippen LogP contribution in [-0.2, 0) is 0 Å². The highest BCUT2D eigenvalue weighted by Crippen LogP contribution is 2.42.